The van der Waals surface area contributed by atoms with E-state index in [4.69, 9.17) is 12.8 Å². The monoisotopic (exact) mass is 470 g/mol. The lowest BCUT2D eigenvalue weighted by molar-refractivity contribution is -0.126. The first kappa shape index (κ1) is 23.7. The van der Waals surface area contributed by atoms with Gasteiger partial charge in [-0.2, -0.15) is 9.61 Å². The van der Waals surface area contributed by atoms with E-state index in [-0.39, 0.29) is 17.9 Å². The van der Waals surface area contributed by atoms with Crippen molar-refractivity contribution in [3.63, 3.8) is 0 Å². The Hall–Kier alpha value is -3.03. The maximum absolute atomic E-state index is 13.0. The van der Waals surface area contributed by atoms with Crippen LogP contribution >= 0.6 is 0 Å². The van der Waals surface area contributed by atoms with Gasteiger partial charge in [0.15, 0.2) is 5.65 Å². The number of rotatable bonds is 8. The largest absolute Gasteiger partial charge is 0.371 e. The van der Waals surface area contributed by atoms with Gasteiger partial charge < -0.3 is 15.5 Å². The highest BCUT2D eigenvalue weighted by Gasteiger charge is 2.30. The predicted octanol–water partition coefficient (Wildman–Crippen LogP) is 3.72. The van der Waals surface area contributed by atoms with Gasteiger partial charge in [0.25, 0.3) is 0 Å². The fraction of sp³-hybridized carbons (Fsp3) is 0.519. The van der Waals surface area contributed by atoms with Gasteiger partial charge in [0.05, 0.1) is 14.0 Å². The maximum atomic E-state index is 13.0. The summed E-state index contributed by atoms with van der Waals surface area (Å²) < 4.78 is 1.88. The average Bonchev–Trinajstić information content (AvgIpc) is 3.54. The van der Waals surface area contributed by atoms with Gasteiger partial charge >= 0.3 is 0 Å². The minimum atomic E-state index is 0.0991. The highest BCUT2D eigenvalue weighted by molar-refractivity contribution is 6.08. The number of nitrogens with zero attached hydrogens (tertiary/aromatic N) is 4. The number of anilines is 2. The molecule has 1 amide bonds. The van der Waals surface area contributed by atoms with Crippen molar-refractivity contribution in [3.05, 3.63) is 53.9 Å². The van der Waals surface area contributed by atoms with Crippen molar-refractivity contribution in [2.24, 2.45) is 5.92 Å². The van der Waals surface area contributed by atoms with E-state index in [0.29, 0.717) is 12.4 Å². The van der Waals surface area contributed by atoms with Crippen molar-refractivity contribution in [2.45, 2.75) is 70.3 Å². The second-order valence-electron chi connectivity index (χ2n) is 9.98. The fourth-order valence-corrected chi connectivity index (χ4v) is 5.47. The number of amides is 1. The minimum absolute atomic E-state index is 0.0991. The number of benzene rings is 1. The molecule has 1 aliphatic carbocycles. The van der Waals surface area contributed by atoms with E-state index in [1.807, 2.05) is 10.6 Å². The van der Waals surface area contributed by atoms with E-state index in [1.54, 1.807) is 6.20 Å². The number of hydrogen-bond donors (Lipinski definition) is 2. The first-order valence-electron chi connectivity index (χ1n) is 13.1. The Labute approximate surface area is 209 Å². The van der Waals surface area contributed by atoms with Crippen molar-refractivity contribution in [1.82, 2.24) is 19.9 Å². The van der Waals surface area contributed by atoms with Gasteiger partial charge in [-0.3, -0.25) is 4.79 Å². The molecule has 2 atom stereocenters. The number of aryl methyl sites for hydroxylation is 1. The van der Waals surface area contributed by atoms with Gasteiger partial charge in [0, 0.05) is 54.6 Å². The maximum Gasteiger partial charge on any atom is 0.223 e. The first-order chi connectivity index (χ1) is 17.1. The molecule has 2 aromatic heterocycles. The number of piperidine rings is 1. The molecule has 3 aromatic rings. The molecule has 2 aliphatic rings. The van der Waals surface area contributed by atoms with Crippen LogP contribution in [0.5, 0.6) is 0 Å². The molecule has 1 saturated heterocycles. The van der Waals surface area contributed by atoms with Gasteiger partial charge in [0.1, 0.15) is 5.82 Å². The molecule has 0 bridgehead atoms. The number of hydrogen-bond acceptors (Lipinski definition) is 5. The van der Waals surface area contributed by atoms with E-state index in [2.05, 4.69) is 57.9 Å². The third kappa shape index (κ3) is 5.47. The molecule has 5 rings (SSSR count). The Kier molecular flexibility index (Phi) is 7.25. The minimum Gasteiger partial charge on any atom is -0.371 e. The van der Waals surface area contributed by atoms with Crippen LogP contribution in [0.4, 0.5) is 11.5 Å². The second kappa shape index (κ2) is 10.7. The zero-order chi connectivity index (χ0) is 24.2. The molecule has 182 valence electrons. The van der Waals surface area contributed by atoms with Crippen LogP contribution in [0.15, 0.2) is 42.6 Å². The quantitative estimate of drug-likeness (QED) is 0.491. The summed E-state index contributed by atoms with van der Waals surface area (Å²) >= 11 is 0. The van der Waals surface area contributed by atoms with Crippen molar-refractivity contribution < 1.29 is 4.79 Å². The topological polar surface area (TPSA) is 74.6 Å². The zero-order valence-electron chi connectivity index (χ0n) is 20.6. The molecule has 1 aromatic carbocycles. The van der Waals surface area contributed by atoms with Crippen LogP contribution in [0.3, 0.4) is 0 Å². The fourth-order valence-electron chi connectivity index (χ4n) is 5.47. The molecule has 2 N–H and O–H groups in total. The van der Waals surface area contributed by atoms with Crippen molar-refractivity contribution >= 4 is 30.9 Å². The van der Waals surface area contributed by atoms with Crippen LogP contribution in [0.25, 0.3) is 5.65 Å². The lowest BCUT2D eigenvalue weighted by atomic mass is 9.94. The zero-order valence-corrected chi connectivity index (χ0v) is 20.6. The average molecular weight is 470 g/mol. The Morgan fingerprint density at radius 2 is 1.86 bits per heavy atom. The van der Waals surface area contributed by atoms with Crippen molar-refractivity contribution in [2.75, 3.05) is 23.3 Å². The summed E-state index contributed by atoms with van der Waals surface area (Å²) in [4.78, 5) is 20.1. The molecule has 8 heteroatoms. The third-order valence-electron chi connectivity index (χ3n) is 7.45. The normalized spacial score (nSPS) is 20.9. The Balaban J connectivity index is 1.12. The summed E-state index contributed by atoms with van der Waals surface area (Å²) in [5.74, 6) is 1.31. The van der Waals surface area contributed by atoms with Crippen LogP contribution in [0, 0.1) is 5.92 Å². The van der Waals surface area contributed by atoms with E-state index in [9.17, 15) is 4.79 Å². The van der Waals surface area contributed by atoms with Gasteiger partial charge in [0.2, 0.25) is 5.91 Å². The number of fused-ring (bicyclic) bond motifs is 1. The Morgan fingerprint density at radius 1 is 1.09 bits per heavy atom. The molecule has 1 saturated carbocycles. The van der Waals surface area contributed by atoms with Crippen molar-refractivity contribution in [1.29, 1.82) is 0 Å². The lowest BCUT2D eigenvalue weighted by Gasteiger charge is -2.33. The summed E-state index contributed by atoms with van der Waals surface area (Å²) in [6, 6.07) is 13.1. The summed E-state index contributed by atoms with van der Waals surface area (Å²) in [5.41, 5.74) is 4.33. The smallest absolute Gasteiger partial charge is 0.223 e. The van der Waals surface area contributed by atoms with Crippen LogP contribution < -0.4 is 15.5 Å². The van der Waals surface area contributed by atoms with Gasteiger partial charge in [-0.25, -0.2) is 4.98 Å². The number of aromatic nitrogens is 3. The molecule has 2 unspecified atom stereocenters. The summed E-state index contributed by atoms with van der Waals surface area (Å²) in [6.07, 6.45) is 9.15. The van der Waals surface area contributed by atoms with Crippen LogP contribution in [-0.2, 0) is 17.5 Å². The van der Waals surface area contributed by atoms with E-state index in [0.717, 1.165) is 80.8 Å². The Bertz CT molecular complexity index is 1140. The van der Waals surface area contributed by atoms with E-state index < -0.39 is 0 Å². The van der Waals surface area contributed by atoms with Crippen LogP contribution in [0.1, 0.15) is 56.7 Å². The van der Waals surface area contributed by atoms with Gasteiger partial charge in [-0.1, -0.05) is 37.4 Å². The summed E-state index contributed by atoms with van der Waals surface area (Å²) in [5, 5.41) is 11.5. The van der Waals surface area contributed by atoms with Crippen molar-refractivity contribution in [3.8, 4) is 0 Å². The molecule has 3 heterocycles. The highest BCUT2D eigenvalue weighted by atomic mass is 16.2. The third-order valence-corrected chi connectivity index (χ3v) is 7.45. The Morgan fingerprint density at radius 3 is 2.60 bits per heavy atom. The van der Waals surface area contributed by atoms with Gasteiger partial charge in [-0.15, -0.1) is 0 Å². The number of carbonyl (C=O) groups excluding carboxylic acids is 1. The molecular weight excluding hydrogens is 435 g/mol. The molecule has 35 heavy (non-hydrogen) atoms. The molecule has 1 aliphatic heterocycles. The summed E-state index contributed by atoms with van der Waals surface area (Å²) in [7, 11) is 5.71. The SMILES string of the molecule is [B]Cc1ccc(N2CCC(C(=O)NC3CCC(Nc4cc(CCC)nc5ccnn45)C3)CC2)cc1. The lowest BCUT2D eigenvalue weighted by Crippen LogP contribution is -2.43. The molecular formula is C27H35BN6O. The predicted molar refractivity (Wildman–Crippen MR) is 141 cm³/mol. The molecule has 0 spiro atoms. The molecule has 2 radical (unpaired) electrons. The van der Waals surface area contributed by atoms with Crippen LogP contribution in [-0.4, -0.2) is 53.5 Å². The second-order valence-corrected chi connectivity index (χ2v) is 9.98. The van der Waals surface area contributed by atoms with E-state index in [1.165, 1.54) is 5.69 Å². The highest BCUT2D eigenvalue weighted by Crippen LogP contribution is 2.27. The van der Waals surface area contributed by atoms with Crippen LogP contribution in [0.2, 0.25) is 0 Å². The number of carbonyl (C=O) groups is 1. The summed E-state index contributed by atoms with van der Waals surface area (Å²) in [6.45, 7) is 4.00. The number of nitrogens with one attached hydrogen (secondary N) is 2. The first-order valence-corrected chi connectivity index (χ1v) is 13.1. The van der Waals surface area contributed by atoms with Gasteiger partial charge in [-0.05, 0) is 50.7 Å². The standard InChI is InChI=1S/C27H35BN6O/c1-2-3-21-17-26(34-25(30-21)10-13-29-34)31-22-6-7-23(16-22)32-27(35)20-11-14-33(15-12-20)24-8-4-19(18-28)5-9-24/h4-5,8-10,13,17,20,22-23,31H,2-3,6-7,11-12,14-16,18H2,1H3,(H,32,35). The molecule has 7 nitrogen and oxygen atoms in total. The van der Waals surface area contributed by atoms with E-state index >= 15 is 0 Å². The molecule has 2 fully saturated rings.